The predicted octanol–water partition coefficient (Wildman–Crippen LogP) is 20.5. The molecule has 16 aromatic rings. The Bertz CT molecular complexity index is 5130. The van der Waals surface area contributed by atoms with Gasteiger partial charge in [-0.25, -0.2) is 4.98 Å². The van der Waals surface area contributed by atoms with Crippen LogP contribution in [0.15, 0.2) is 279 Å². The van der Waals surface area contributed by atoms with Crippen molar-refractivity contribution in [3.63, 3.8) is 0 Å². The van der Waals surface area contributed by atoms with Gasteiger partial charge in [0.05, 0.1) is 26.8 Å². The topological polar surface area (TPSA) is 17.3 Å². The number of hydrogen-bond donors (Lipinski definition) is 0. The number of imidazole rings is 1. The smallest absolute Gasteiger partial charge is 0.156 e. The Labute approximate surface area is 460 Å². The van der Waals surface area contributed by atoms with E-state index in [1.807, 2.05) is 11.3 Å². The Balaban J connectivity index is 0.775. The van der Waals surface area contributed by atoms with E-state index in [1.165, 1.54) is 130 Å². The Hall–Kier alpha value is -9.93. The average molecular weight is 1020 g/mol. The molecule has 0 amide bonds. The zero-order valence-corrected chi connectivity index (χ0v) is 43.7. The molecule has 0 aliphatic heterocycles. The minimum Gasteiger partial charge on any atom is -0.291 e. The fourth-order valence-corrected chi connectivity index (χ4v) is 15.0. The molecule has 0 spiro atoms. The number of hydrogen-bond acceptors (Lipinski definition) is 2. The summed E-state index contributed by atoms with van der Waals surface area (Å²) >= 11 is 1.85. The van der Waals surface area contributed by atoms with Crippen molar-refractivity contribution in [3.05, 3.63) is 301 Å². The van der Waals surface area contributed by atoms with Crippen LogP contribution in [0.4, 0.5) is 0 Å². The van der Waals surface area contributed by atoms with E-state index in [0.29, 0.717) is 0 Å². The molecule has 13 aromatic carbocycles. The maximum absolute atomic E-state index is 5.61. The lowest BCUT2D eigenvalue weighted by Crippen LogP contribution is -2.28. The van der Waals surface area contributed by atoms with E-state index >= 15 is 0 Å². The number of fused-ring (bicyclic) bond motifs is 17. The van der Waals surface area contributed by atoms with Gasteiger partial charge in [0.25, 0.3) is 0 Å². The number of nitrogens with zero attached hydrogens (tertiary/aromatic N) is 2. The third kappa shape index (κ3) is 6.36. The molecule has 17 rings (SSSR count). The molecule has 0 N–H and O–H groups in total. The second-order valence-corrected chi connectivity index (χ2v) is 22.3. The highest BCUT2D eigenvalue weighted by Gasteiger charge is 2.46. The molecule has 0 saturated heterocycles. The molecular formula is C76H46N2S. The van der Waals surface area contributed by atoms with Crippen LogP contribution in [0, 0.1) is 0 Å². The maximum Gasteiger partial charge on any atom is 0.156 e. The van der Waals surface area contributed by atoms with Crippen molar-refractivity contribution in [3.8, 4) is 55.8 Å². The second-order valence-electron chi connectivity index (χ2n) is 21.2. The predicted molar refractivity (Wildman–Crippen MR) is 335 cm³/mol. The molecule has 1 aliphatic rings. The summed E-state index contributed by atoms with van der Waals surface area (Å²) in [5.74, 6) is 0. The van der Waals surface area contributed by atoms with Gasteiger partial charge in [0.15, 0.2) is 5.65 Å². The summed E-state index contributed by atoms with van der Waals surface area (Å²) in [5.41, 5.74) is 20.0. The van der Waals surface area contributed by atoms with E-state index in [4.69, 9.17) is 4.98 Å². The summed E-state index contributed by atoms with van der Waals surface area (Å²) in [5, 5.41) is 12.4. The van der Waals surface area contributed by atoms with Gasteiger partial charge in [-0.2, -0.15) is 0 Å². The minimum atomic E-state index is -0.442. The van der Waals surface area contributed by atoms with Crippen LogP contribution in [-0.2, 0) is 5.41 Å². The number of rotatable bonds is 6. The zero-order valence-electron chi connectivity index (χ0n) is 42.9. The summed E-state index contributed by atoms with van der Waals surface area (Å²) in [6, 6.07) is 104. The lowest BCUT2D eigenvalue weighted by atomic mass is 9.67. The summed E-state index contributed by atoms with van der Waals surface area (Å²) in [7, 11) is 0. The minimum absolute atomic E-state index is 0.442. The Morgan fingerprint density at radius 3 is 1.57 bits per heavy atom. The van der Waals surface area contributed by atoms with Crippen molar-refractivity contribution >= 4 is 91.3 Å². The molecule has 3 heterocycles. The molecule has 0 bridgehead atoms. The summed E-state index contributed by atoms with van der Waals surface area (Å²) < 4.78 is 4.90. The van der Waals surface area contributed by atoms with Crippen molar-refractivity contribution in [2.75, 3.05) is 0 Å². The van der Waals surface area contributed by atoms with Gasteiger partial charge in [-0.3, -0.25) is 4.40 Å². The molecule has 0 atom stereocenters. The van der Waals surface area contributed by atoms with Gasteiger partial charge in [-0.05, 0) is 128 Å². The maximum atomic E-state index is 5.61. The Morgan fingerprint density at radius 2 is 0.873 bits per heavy atom. The number of pyridine rings is 1. The van der Waals surface area contributed by atoms with Crippen LogP contribution in [0.5, 0.6) is 0 Å². The first kappa shape index (κ1) is 44.2. The van der Waals surface area contributed by atoms with Crippen LogP contribution >= 0.6 is 11.3 Å². The summed E-state index contributed by atoms with van der Waals surface area (Å²) in [4.78, 5) is 5.61. The van der Waals surface area contributed by atoms with Crippen molar-refractivity contribution in [2.45, 2.75) is 5.41 Å². The molecule has 0 fully saturated rings. The van der Waals surface area contributed by atoms with E-state index in [0.717, 1.165) is 27.9 Å². The van der Waals surface area contributed by atoms with E-state index in [-0.39, 0.29) is 0 Å². The van der Waals surface area contributed by atoms with Gasteiger partial charge in [0.2, 0.25) is 0 Å². The van der Waals surface area contributed by atoms with E-state index in [1.54, 1.807) is 0 Å². The molecule has 3 heteroatoms. The molecule has 366 valence electrons. The van der Waals surface area contributed by atoms with Gasteiger partial charge >= 0.3 is 0 Å². The van der Waals surface area contributed by atoms with E-state index in [2.05, 4.69) is 283 Å². The van der Waals surface area contributed by atoms with E-state index < -0.39 is 5.41 Å². The Morgan fingerprint density at radius 1 is 0.342 bits per heavy atom. The van der Waals surface area contributed by atoms with E-state index in [9.17, 15) is 0 Å². The Kier molecular flexibility index (Phi) is 9.54. The van der Waals surface area contributed by atoms with Crippen LogP contribution in [0.25, 0.3) is 136 Å². The molecule has 2 nitrogen and oxygen atoms in total. The van der Waals surface area contributed by atoms with Gasteiger partial charge in [0.1, 0.15) is 0 Å². The summed E-state index contributed by atoms with van der Waals surface area (Å²) in [6.07, 6.45) is 0. The first-order valence-electron chi connectivity index (χ1n) is 27.3. The van der Waals surface area contributed by atoms with Crippen LogP contribution in [0.2, 0.25) is 0 Å². The third-order valence-corrected chi connectivity index (χ3v) is 18.5. The van der Waals surface area contributed by atoms with Crippen LogP contribution in [0.3, 0.4) is 0 Å². The molecule has 0 unspecified atom stereocenters. The lowest BCUT2D eigenvalue weighted by molar-refractivity contribution is 0.768. The first-order valence-corrected chi connectivity index (χ1v) is 28.1. The quantitative estimate of drug-likeness (QED) is 0.152. The van der Waals surface area contributed by atoms with Crippen LogP contribution < -0.4 is 0 Å². The molecule has 3 aromatic heterocycles. The highest BCUT2D eigenvalue weighted by atomic mass is 32.1. The standard InChI is InChI=1S/C76H46N2S/c1-3-18-53(19-4-1)76(54-20-5-2-6-21-54)66-28-14-13-26-64(66)71-58(27-15-29-67(71)76)51-32-30-49(31-33-51)56-41-42-57(61-25-12-11-24-60(56)61)50-34-36-52(37-35-50)69-46-65-72-59-23-10-8-17-48(59)39-45-70(72)79-74(65)75-77-73-63-40-38-47-16-7-9-22-55(47)62(63)43-44-68(73)78(69)75/h1-46H. The molecular weight excluding hydrogens is 973 g/mol. The van der Waals surface area contributed by atoms with Gasteiger partial charge < -0.3 is 0 Å². The fourth-order valence-electron chi connectivity index (χ4n) is 13.8. The first-order chi connectivity index (χ1) is 39.2. The average Bonchev–Trinajstić information content (AvgIpc) is 4.32. The van der Waals surface area contributed by atoms with Gasteiger partial charge in [-0.1, -0.05) is 261 Å². The van der Waals surface area contributed by atoms with Crippen molar-refractivity contribution in [2.24, 2.45) is 0 Å². The molecule has 0 radical (unpaired) electrons. The van der Waals surface area contributed by atoms with Crippen molar-refractivity contribution < 1.29 is 0 Å². The zero-order chi connectivity index (χ0) is 51.8. The third-order valence-electron chi connectivity index (χ3n) is 17.3. The summed E-state index contributed by atoms with van der Waals surface area (Å²) in [6.45, 7) is 0. The van der Waals surface area contributed by atoms with Crippen LogP contribution in [0.1, 0.15) is 22.3 Å². The van der Waals surface area contributed by atoms with Crippen molar-refractivity contribution in [1.29, 1.82) is 0 Å². The largest absolute Gasteiger partial charge is 0.291 e. The van der Waals surface area contributed by atoms with Crippen molar-refractivity contribution in [1.82, 2.24) is 9.38 Å². The SMILES string of the molecule is c1ccc(C2(c3ccccc3)c3ccccc3-c3c(-c4ccc(-c5ccc(-c6ccc(-c7cc8c(sc9ccc%10ccccc%10c98)c8nc9c%10ccc%11ccccc%11c%10ccc9n78)cc6)c6ccccc56)cc4)cccc32)cc1. The highest BCUT2D eigenvalue weighted by molar-refractivity contribution is 7.26. The molecule has 79 heavy (non-hydrogen) atoms. The molecule has 1 aliphatic carbocycles. The number of aromatic nitrogens is 2. The highest BCUT2D eigenvalue weighted by Crippen LogP contribution is 2.58. The molecule has 0 saturated carbocycles. The number of thiophene rings is 1. The second kappa shape index (κ2) is 17.0. The van der Waals surface area contributed by atoms with Gasteiger partial charge in [-0.15, -0.1) is 11.3 Å². The monoisotopic (exact) mass is 1020 g/mol. The lowest BCUT2D eigenvalue weighted by Gasteiger charge is -2.34. The van der Waals surface area contributed by atoms with Crippen LogP contribution in [-0.4, -0.2) is 9.38 Å². The normalized spacial score (nSPS) is 12.9. The van der Waals surface area contributed by atoms with Gasteiger partial charge in [0, 0.05) is 20.9 Å². The fraction of sp³-hybridized carbons (Fsp3) is 0.0132. The number of benzene rings is 13.